The van der Waals surface area contributed by atoms with Crippen LogP contribution in [0.15, 0.2) is 36.4 Å². The van der Waals surface area contributed by atoms with Gasteiger partial charge in [0.15, 0.2) is 5.13 Å². The molecule has 7 heteroatoms. The molecule has 4 N–H and O–H groups in total. The molecule has 2 aliphatic carbocycles. The molecule has 5 rings (SSSR count). The van der Waals surface area contributed by atoms with Gasteiger partial charge in [0, 0.05) is 34.2 Å². The maximum Gasteiger partial charge on any atom is 0.244 e. The average Bonchev–Trinajstić information content (AvgIpc) is 3.47. The second-order valence-corrected chi connectivity index (χ2v) is 11.6. The van der Waals surface area contributed by atoms with Crippen molar-refractivity contribution in [2.24, 2.45) is 5.92 Å². The number of carbonyl (C=O) groups excluding carboxylic acids is 1. The van der Waals surface area contributed by atoms with Gasteiger partial charge in [0.2, 0.25) is 5.91 Å². The van der Waals surface area contributed by atoms with Crippen molar-refractivity contribution in [2.75, 3.05) is 18.8 Å². The molecule has 2 aliphatic rings. The number of nitrogens with two attached hydrogens (primary N) is 1. The third kappa shape index (κ3) is 6.19. The Kier molecular flexibility index (Phi) is 8.07. The molecule has 1 saturated carbocycles. The van der Waals surface area contributed by atoms with Crippen LogP contribution in [0, 0.1) is 5.92 Å². The number of anilines is 1. The number of nitrogens with zero attached hydrogens (tertiary/aromatic N) is 2. The highest BCUT2D eigenvalue weighted by Crippen LogP contribution is 2.32. The Morgan fingerprint density at radius 2 is 2.06 bits per heavy atom. The van der Waals surface area contributed by atoms with Gasteiger partial charge in [-0.05, 0) is 100 Å². The fraction of sp³-hybridized carbons (Fsp3) is 0.517. The van der Waals surface area contributed by atoms with Gasteiger partial charge in [0.1, 0.15) is 0 Å². The molecule has 0 saturated heterocycles. The van der Waals surface area contributed by atoms with E-state index in [4.69, 9.17) is 5.73 Å². The summed E-state index contributed by atoms with van der Waals surface area (Å²) in [5.41, 5.74) is 9.24. The summed E-state index contributed by atoms with van der Waals surface area (Å²) < 4.78 is 0. The Balaban J connectivity index is 1.05. The summed E-state index contributed by atoms with van der Waals surface area (Å²) in [5, 5.41) is 5.11. The van der Waals surface area contributed by atoms with Crippen molar-refractivity contribution < 1.29 is 4.79 Å². The molecule has 36 heavy (non-hydrogen) atoms. The van der Waals surface area contributed by atoms with E-state index in [1.54, 1.807) is 17.4 Å². The summed E-state index contributed by atoms with van der Waals surface area (Å²) in [4.78, 5) is 24.5. The third-order valence-electron chi connectivity index (χ3n) is 7.94. The molecule has 0 bridgehead atoms. The van der Waals surface area contributed by atoms with E-state index in [0.717, 1.165) is 53.3 Å². The van der Waals surface area contributed by atoms with Crippen molar-refractivity contribution in [3.05, 3.63) is 52.7 Å². The van der Waals surface area contributed by atoms with Crippen molar-refractivity contribution in [2.45, 2.75) is 76.8 Å². The van der Waals surface area contributed by atoms with Crippen LogP contribution in [0.4, 0.5) is 5.13 Å². The Morgan fingerprint density at radius 3 is 2.86 bits per heavy atom. The highest BCUT2D eigenvalue weighted by Gasteiger charge is 2.28. The largest absolute Gasteiger partial charge is 0.375 e. The van der Waals surface area contributed by atoms with Gasteiger partial charge in [0.05, 0.1) is 5.69 Å². The van der Waals surface area contributed by atoms with Crippen LogP contribution < -0.4 is 11.1 Å². The second kappa shape index (κ2) is 11.6. The van der Waals surface area contributed by atoms with Crippen molar-refractivity contribution in [3.8, 4) is 0 Å². The number of hydrogen-bond acceptors (Lipinski definition) is 5. The van der Waals surface area contributed by atoms with E-state index in [9.17, 15) is 4.79 Å². The minimum absolute atomic E-state index is 0.00611. The quantitative estimate of drug-likeness (QED) is 0.333. The van der Waals surface area contributed by atoms with E-state index in [1.165, 1.54) is 55.8 Å². The summed E-state index contributed by atoms with van der Waals surface area (Å²) in [6.45, 7) is 4.63. The van der Waals surface area contributed by atoms with Crippen LogP contribution in [-0.2, 0) is 17.6 Å². The van der Waals surface area contributed by atoms with Crippen LogP contribution in [0.5, 0.6) is 0 Å². The van der Waals surface area contributed by atoms with Crippen LogP contribution in [0.25, 0.3) is 17.0 Å². The molecule has 0 radical (unpaired) electrons. The number of aromatic nitrogens is 2. The third-order valence-corrected chi connectivity index (χ3v) is 8.89. The Labute approximate surface area is 218 Å². The van der Waals surface area contributed by atoms with E-state index in [-0.39, 0.29) is 5.91 Å². The summed E-state index contributed by atoms with van der Waals surface area (Å²) in [6.07, 6.45) is 13.9. The number of thiazole rings is 1. The minimum atomic E-state index is 0.00611. The van der Waals surface area contributed by atoms with E-state index >= 15 is 0 Å². The minimum Gasteiger partial charge on any atom is -0.375 e. The number of nitrogen functional groups attached to an aromatic ring is 1. The lowest BCUT2D eigenvalue weighted by Gasteiger charge is -2.36. The number of nitrogens with one attached hydrogen (secondary N) is 2. The zero-order chi connectivity index (χ0) is 24.9. The predicted octanol–water partition coefficient (Wildman–Crippen LogP) is 5.55. The van der Waals surface area contributed by atoms with E-state index < -0.39 is 0 Å². The zero-order valence-electron chi connectivity index (χ0n) is 21.3. The van der Waals surface area contributed by atoms with Gasteiger partial charge in [-0.3, -0.25) is 4.79 Å². The Morgan fingerprint density at radius 1 is 1.22 bits per heavy atom. The standard InChI is InChI=1S/C29H39N5OS/c1-2-16-34(24-12-13-26-27(19-24)36-29(30)33-26)17-15-20-7-9-22(10-8-20)32-28(35)14-11-23-18-21-5-3-4-6-25(21)31-23/h3-6,11,14,18,20,22,24,31H,2,7-10,12-13,15-17,19H2,1H3,(H2,30,33)(H,32,35)/b14-11+/t20?,22?,24-/m0/s1. The van der Waals surface area contributed by atoms with Crippen LogP contribution in [0.2, 0.25) is 0 Å². The Bertz CT molecular complexity index is 1160. The second-order valence-electron chi connectivity index (χ2n) is 10.5. The Hall–Kier alpha value is -2.64. The molecule has 1 atom stereocenters. The number of H-pyrrole nitrogens is 1. The number of rotatable bonds is 9. The SMILES string of the molecule is CCCN(CCC1CCC(NC(=O)/C=C/c2cc3ccccc3[nH]2)CC1)[C@H]1CCc2nc(N)sc2C1. The monoisotopic (exact) mass is 505 g/mol. The van der Waals surface area contributed by atoms with Gasteiger partial charge in [-0.25, -0.2) is 4.98 Å². The van der Waals surface area contributed by atoms with Crippen molar-refractivity contribution in [1.82, 2.24) is 20.2 Å². The van der Waals surface area contributed by atoms with Gasteiger partial charge >= 0.3 is 0 Å². The summed E-state index contributed by atoms with van der Waals surface area (Å²) in [6, 6.07) is 11.2. The molecule has 1 aromatic carbocycles. The van der Waals surface area contributed by atoms with Crippen LogP contribution in [0.3, 0.4) is 0 Å². The predicted molar refractivity (Wildman–Crippen MR) is 150 cm³/mol. The number of aryl methyl sites for hydroxylation is 1. The molecule has 2 heterocycles. The first-order chi connectivity index (χ1) is 17.6. The number of benzene rings is 1. The topological polar surface area (TPSA) is 87.0 Å². The summed E-state index contributed by atoms with van der Waals surface area (Å²) >= 11 is 1.68. The fourth-order valence-electron chi connectivity index (χ4n) is 6.00. The first-order valence-electron chi connectivity index (χ1n) is 13.6. The van der Waals surface area contributed by atoms with Crippen molar-refractivity contribution >= 4 is 39.4 Å². The smallest absolute Gasteiger partial charge is 0.244 e. The molecule has 6 nitrogen and oxygen atoms in total. The number of hydrogen-bond donors (Lipinski definition) is 3. The number of carbonyl (C=O) groups is 1. The number of para-hydroxylation sites is 1. The van der Waals surface area contributed by atoms with Gasteiger partial charge < -0.3 is 20.9 Å². The van der Waals surface area contributed by atoms with Gasteiger partial charge in [0.25, 0.3) is 0 Å². The summed E-state index contributed by atoms with van der Waals surface area (Å²) in [5.74, 6) is 0.768. The lowest BCUT2D eigenvalue weighted by molar-refractivity contribution is -0.117. The molecule has 1 amide bonds. The first-order valence-corrected chi connectivity index (χ1v) is 14.4. The number of fused-ring (bicyclic) bond motifs is 2. The highest BCUT2D eigenvalue weighted by atomic mass is 32.1. The van der Waals surface area contributed by atoms with Crippen LogP contribution in [-0.4, -0.2) is 45.9 Å². The molecule has 192 valence electrons. The zero-order valence-corrected chi connectivity index (χ0v) is 22.2. The van der Waals surface area contributed by atoms with E-state index in [1.807, 2.05) is 18.2 Å². The van der Waals surface area contributed by atoms with Crippen LogP contribution >= 0.6 is 11.3 Å². The average molecular weight is 506 g/mol. The maximum atomic E-state index is 12.5. The van der Waals surface area contributed by atoms with Gasteiger partial charge in [-0.15, -0.1) is 11.3 Å². The van der Waals surface area contributed by atoms with Gasteiger partial charge in [-0.1, -0.05) is 25.1 Å². The molecule has 0 spiro atoms. The maximum absolute atomic E-state index is 12.5. The highest BCUT2D eigenvalue weighted by molar-refractivity contribution is 7.15. The number of amides is 1. The van der Waals surface area contributed by atoms with Crippen LogP contribution in [0.1, 0.15) is 68.1 Å². The lowest BCUT2D eigenvalue weighted by Crippen LogP contribution is -2.41. The van der Waals surface area contributed by atoms with E-state index in [0.29, 0.717) is 12.1 Å². The van der Waals surface area contributed by atoms with E-state index in [2.05, 4.69) is 45.3 Å². The molecular formula is C29H39N5OS. The summed E-state index contributed by atoms with van der Waals surface area (Å²) in [7, 11) is 0. The van der Waals surface area contributed by atoms with Gasteiger partial charge in [-0.2, -0.15) is 0 Å². The molecule has 1 fully saturated rings. The molecule has 0 unspecified atom stereocenters. The molecule has 0 aliphatic heterocycles. The molecule has 3 aromatic rings. The van der Waals surface area contributed by atoms with Crippen molar-refractivity contribution in [1.29, 1.82) is 0 Å². The van der Waals surface area contributed by atoms with Crippen molar-refractivity contribution in [3.63, 3.8) is 0 Å². The lowest BCUT2D eigenvalue weighted by atomic mass is 9.83. The number of aromatic amines is 1. The first kappa shape index (κ1) is 25.0. The molecular weight excluding hydrogens is 466 g/mol. The molecule has 2 aromatic heterocycles. The fourth-order valence-corrected chi connectivity index (χ4v) is 6.95. The normalized spacial score (nSPS) is 22.3.